The molecule has 1 aliphatic heterocycles. The molecule has 1 heterocycles. The molecule has 1 aromatic rings. The molecular weight excluding hydrogens is 349 g/mol. The molecule has 0 spiro atoms. The van der Waals surface area contributed by atoms with E-state index in [4.69, 9.17) is 4.74 Å². The van der Waals surface area contributed by atoms with Crippen molar-refractivity contribution in [3.63, 3.8) is 0 Å². The highest BCUT2D eigenvalue weighted by molar-refractivity contribution is 9.10. The van der Waals surface area contributed by atoms with E-state index in [0.29, 0.717) is 17.6 Å². The van der Waals surface area contributed by atoms with Gasteiger partial charge in [-0.25, -0.2) is 17.1 Å². The number of hydrogen-bond acceptors (Lipinski definition) is 3. The van der Waals surface area contributed by atoms with E-state index in [1.54, 1.807) is 0 Å². The van der Waals surface area contributed by atoms with Gasteiger partial charge in [-0.05, 0) is 37.0 Å². The van der Waals surface area contributed by atoms with Crippen molar-refractivity contribution in [2.45, 2.75) is 17.7 Å². The lowest BCUT2D eigenvalue weighted by molar-refractivity contribution is 0.0495. The Hall–Kier alpha value is -0.500. The van der Waals surface area contributed by atoms with Crippen LogP contribution in [0.15, 0.2) is 27.6 Å². The van der Waals surface area contributed by atoms with Crippen LogP contribution in [0.25, 0.3) is 0 Å². The van der Waals surface area contributed by atoms with Crippen LogP contribution in [0.1, 0.15) is 12.8 Å². The molecule has 0 amide bonds. The molecule has 20 heavy (non-hydrogen) atoms. The second-order valence-electron chi connectivity index (χ2n) is 4.94. The zero-order valence-electron chi connectivity index (χ0n) is 11.2. The molecule has 1 unspecified atom stereocenters. The van der Waals surface area contributed by atoms with Crippen molar-refractivity contribution in [2.75, 3.05) is 26.8 Å². The summed E-state index contributed by atoms with van der Waals surface area (Å²) in [6.45, 7) is 1.63. The summed E-state index contributed by atoms with van der Waals surface area (Å²) in [6.07, 6.45) is 1.87. The van der Waals surface area contributed by atoms with Gasteiger partial charge in [-0.15, -0.1) is 0 Å². The lowest BCUT2D eigenvalue weighted by atomic mass is 10.0. The first-order chi connectivity index (χ1) is 9.41. The standard InChI is InChI=1S/C13H17BrFNO3S/c1-16(8-10-3-2-6-19-9-10)20(17,18)13-5-4-11(14)7-12(13)15/h4-5,7,10H,2-3,6,8-9H2,1H3. The van der Waals surface area contributed by atoms with Gasteiger partial charge in [0.05, 0.1) is 6.61 Å². The molecule has 0 saturated carbocycles. The number of nitrogens with zero attached hydrogens (tertiary/aromatic N) is 1. The zero-order valence-corrected chi connectivity index (χ0v) is 13.6. The van der Waals surface area contributed by atoms with Crippen LogP contribution >= 0.6 is 15.9 Å². The fraction of sp³-hybridized carbons (Fsp3) is 0.538. The molecular formula is C13H17BrFNO3S. The molecule has 0 aromatic heterocycles. The SMILES string of the molecule is CN(CC1CCCOC1)S(=O)(=O)c1ccc(Br)cc1F. The summed E-state index contributed by atoms with van der Waals surface area (Å²) in [7, 11) is -2.33. The molecule has 112 valence electrons. The predicted molar refractivity (Wildman–Crippen MR) is 77.5 cm³/mol. The topological polar surface area (TPSA) is 46.6 Å². The highest BCUT2D eigenvalue weighted by atomic mass is 79.9. The molecule has 7 heteroatoms. The molecule has 1 aromatic carbocycles. The third-order valence-electron chi connectivity index (χ3n) is 3.35. The molecule has 0 radical (unpaired) electrons. The summed E-state index contributed by atoms with van der Waals surface area (Å²) >= 11 is 3.11. The van der Waals surface area contributed by atoms with Gasteiger partial charge in [0, 0.05) is 24.7 Å². The molecule has 1 saturated heterocycles. The van der Waals surface area contributed by atoms with Gasteiger partial charge in [0.25, 0.3) is 0 Å². The molecule has 1 atom stereocenters. The van der Waals surface area contributed by atoms with Crippen molar-refractivity contribution >= 4 is 26.0 Å². The van der Waals surface area contributed by atoms with Gasteiger partial charge in [-0.2, -0.15) is 0 Å². The maximum absolute atomic E-state index is 13.8. The Morgan fingerprint density at radius 2 is 2.25 bits per heavy atom. The minimum atomic E-state index is -3.80. The van der Waals surface area contributed by atoms with Crippen LogP contribution in [0.4, 0.5) is 4.39 Å². The number of halogens is 2. The van der Waals surface area contributed by atoms with Crippen molar-refractivity contribution in [1.29, 1.82) is 0 Å². The monoisotopic (exact) mass is 365 g/mol. The van der Waals surface area contributed by atoms with Crippen molar-refractivity contribution in [3.05, 3.63) is 28.5 Å². The Morgan fingerprint density at radius 3 is 2.85 bits per heavy atom. The van der Waals surface area contributed by atoms with Gasteiger partial charge in [0.2, 0.25) is 10.0 Å². The Morgan fingerprint density at radius 1 is 1.50 bits per heavy atom. The highest BCUT2D eigenvalue weighted by Gasteiger charge is 2.27. The van der Waals surface area contributed by atoms with Crippen molar-refractivity contribution in [3.8, 4) is 0 Å². The second kappa shape index (κ2) is 6.51. The van der Waals surface area contributed by atoms with Gasteiger partial charge >= 0.3 is 0 Å². The summed E-state index contributed by atoms with van der Waals surface area (Å²) in [5.41, 5.74) is 0. The Kier molecular flexibility index (Phi) is 5.17. The zero-order chi connectivity index (χ0) is 14.8. The Balaban J connectivity index is 2.16. The van der Waals surface area contributed by atoms with Crippen LogP contribution in [-0.4, -0.2) is 39.5 Å². The number of hydrogen-bond donors (Lipinski definition) is 0. The summed E-state index contributed by atoms with van der Waals surface area (Å²) < 4.78 is 45.6. The Bertz CT molecular complexity index is 573. The fourth-order valence-corrected chi connectivity index (χ4v) is 3.89. The maximum atomic E-state index is 13.8. The van der Waals surface area contributed by atoms with Gasteiger partial charge in [-0.1, -0.05) is 15.9 Å². The first-order valence-corrected chi connectivity index (χ1v) is 8.63. The quantitative estimate of drug-likeness (QED) is 0.823. The lowest BCUT2D eigenvalue weighted by Gasteiger charge is -2.26. The highest BCUT2D eigenvalue weighted by Crippen LogP contribution is 2.24. The number of ether oxygens (including phenoxy) is 1. The van der Waals surface area contributed by atoms with Crippen LogP contribution < -0.4 is 0 Å². The minimum Gasteiger partial charge on any atom is -0.381 e. The van der Waals surface area contributed by atoms with Crippen molar-refractivity contribution in [1.82, 2.24) is 4.31 Å². The molecule has 1 aliphatic rings. The Labute approximate surface area is 127 Å². The average Bonchev–Trinajstić information content (AvgIpc) is 2.39. The van der Waals surface area contributed by atoms with E-state index in [2.05, 4.69) is 15.9 Å². The summed E-state index contributed by atoms with van der Waals surface area (Å²) in [6, 6.07) is 3.96. The van der Waals surface area contributed by atoms with Crippen LogP contribution in [0.2, 0.25) is 0 Å². The molecule has 4 nitrogen and oxygen atoms in total. The van der Waals surface area contributed by atoms with E-state index in [1.165, 1.54) is 23.5 Å². The van der Waals surface area contributed by atoms with Crippen molar-refractivity contribution in [2.24, 2.45) is 5.92 Å². The summed E-state index contributed by atoms with van der Waals surface area (Å²) in [5, 5.41) is 0. The lowest BCUT2D eigenvalue weighted by Crippen LogP contribution is -2.35. The smallest absolute Gasteiger partial charge is 0.245 e. The first kappa shape index (κ1) is 15.9. The van der Waals surface area contributed by atoms with Crippen LogP contribution in [0, 0.1) is 11.7 Å². The van der Waals surface area contributed by atoms with E-state index in [1.807, 2.05) is 0 Å². The molecule has 1 fully saturated rings. The number of benzene rings is 1. The molecule has 0 aliphatic carbocycles. The predicted octanol–water partition coefficient (Wildman–Crippen LogP) is 2.64. The van der Waals surface area contributed by atoms with E-state index >= 15 is 0 Å². The minimum absolute atomic E-state index is 0.169. The third-order valence-corrected chi connectivity index (χ3v) is 5.70. The number of sulfonamides is 1. The summed E-state index contributed by atoms with van der Waals surface area (Å²) in [5.74, 6) is -0.576. The fourth-order valence-electron chi connectivity index (χ4n) is 2.27. The van der Waals surface area contributed by atoms with Gasteiger partial charge in [0.1, 0.15) is 10.7 Å². The normalized spacial score (nSPS) is 20.3. The second-order valence-corrected chi connectivity index (χ2v) is 7.87. The van der Waals surface area contributed by atoms with Crippen LogP contribution in [-0.2, 0) is 14.8 Å². The maximum Gasteiger partial charge on any atom is 0.245 e. The van der Waals surface area contributed by atoms with E-state index < -0.39 is 15.8 Å². The third kappa shape index (κ3) is 3.58. The largest absolute Gasteiger partial charge is 0.381 e. The van der Waals surface area contributed by atoms with Crippen LogP contribution in [0.5, 0.6) is 0 Å². The molecule has 0 N–H and O–H groups in total. The van der Waals surface area contributed by atoms with E-state index in [9.17, 15) is 12.8 Å². The molecule has 2 rings (SSSR count). The van der Waals surface area contributed by atoms with Gasteiger partial charge in [0.15, 0.2) is 0 Å². The van der Waals surface area contributed by atoms with E-state index in [-0.39, 0.29) is 10.8 Å². The van der Waals surface area contributed by atoms with E-state index in [0.717, 1.165) is 25.5 Å². The van der Waals surface area contributed by atoms with Crippen LogP contribution in [0.3, 0.4) is 0 Å². The average molecular weight is 366 g/mol. The van der Waals surface area contributed by atoms with Gasteiger partial charge < -0.3 is 4.74 Å². The number of rotatable bonds is 4. The van der Waals surface area contributed by atoms with Gasteiger partial charge in [-0.3, -0.25) is 0 Å². The molecule has 0 bridgehead atoms. The summed E-state index contributed by atoms with van der Waals surface area (Å²) in [4.78, 5) is -0.292. The van der Waals surface area contributed by atoms with Crippen molar-refractivity contribution < 1.29 is 17.5 Å². The first-order valence-electron chi connectivity index (χ1n) is 6.40.